The van der Waals surface area contributed by atoms with Gasteiger partial charge in [0.05, 0.1) is 19.6 Å². The smallest absolute Gasteiger partial charge is 0.217 e. The minimum atomic E-state index is 0.222. The monoisotopic (exact) mass is 378 g/mol. The number of hydrogen-bond acceptors (Lipinski definition) is 5. The number of methoxy groups -OCH3 is 2. The third-order valence-electron chi connectivity index (χ3n) is 5.30. The lowest BCUT2D eigenvalue weighted by atomic mass is 9.88. The van der Waals surface area contributed by atoms with Gasteiger partial charge in [0.15, 0.2) is 0 Å². The number of nitrogens with zero attached hydrogens (tertiary/aromatic N) is 4. The highest BCUT2D eigenvalue weighted by atomic mass is 16.5. The number of benzene rings is 1. The van der Waals surface area contributed by atoms with Gasteiger partial charge in [-0.1, -0.05) is 30.3 Å². The zero-order valence-corrected chi connectivity index (χ0v) is 16.4. The number of imidazole rings is 1. The summed E-state index contributed by atoms with van der Waals surface area (Å²) >= 11 is 0. The van der Waals surface area contributed by atoms with Crippen molar-refractivity contribution in [3.63, 3.8) is 0 Å². The number of pyridine rings is 1. The molecule has 1 aliphatic heterocycles. The highest BCUT2D eigenvalue weighted by Gasteiger charge is 2.29. The van der Waals surface area contributed by atoms with Gasteiger partial charge in [-0.3, -0.25) is 4.90 Å². The average molecular weight is 378 g/mol. The maximum Gasteiger partial charge on any atom is 0.217 e. The molecule has 28 heavy (non-hydrogen) atoms. The van der Waals surface area contributed by atoms with Gasteiger partial charge in [0, 0.05) is 57.4 Å². The SMILES string of the molecule is COCCn1ccnc1C1CN(Cc2cccnc2OC)Cc2ccccc21. The van der Waals surface area contributed by atoms with E-state index in [0.717, 1.165) is 37.6 Å². The number of aromatic nitrogens is 3. The zero-order chi connectivity index (χ0) is 19.3. The van der Waals surface area contributed by atoms with Crippen LogP contribution in [0.2, 0.25) is 0 Å². The van der Waals surface area contributed by atoms with Gasteiger partial charge < -0.3 is 14.0 Å². The normalized spacial score (nSPS) is 16.7. The summed E-state index contributed by atoms with van der Waals surface area (Å²) in [5.41, 5.74) is 3.82. The Labute approximate surface area is 165 Å². The molecule has 0 spiro atoms. The molecule has 0 amide bonds. The van der Waals surface area contributed by atoms with E-state index in [4.69, 9.17) is 14.5 Å². The van der Waals surface area contributed by atoms with Crippen molar-refractivity contribution in [2.75, 3.05) is 27.4 Å². The first-order chi connectivity index (χ1) is 13.8. The van der Waals surface area contributed by atoms with Crippen LogP contribution in [-0.2, 0) is 24.4 Å². The maximum atomic E-state index is 5.45. The molecule has 0 saturated carbocycles. The molecule has 0 radical (unpaired) electrons. The number of ether oxygens (including phenoxy) is 2. The van der Waals surface area contributed by atoms with Gasteiger partial charge in [-0.25, -0.2) is 9.97 Å². The van der Waals surface area contributed by atoms with E-state index >= 15 is 0 Å². The lowest BCUT2D eigenvalue weighted by Gasteiger charge is -2.34. The molecular formula is C22H26N4O2. The molecule has 2 aromatic heterocycles. The molecule has 0 fully saturated rings. The molecule has 0 aliphatic carbocycles. The van der Waals surface area contributed by atoms with Crippen molar-refractivity contribution < 1.29 is 9.47 Å². The quantitative estimate of drug-likeness (QED) is 0.632. The van der Waals surface area contributed by atoms with E-state index in [1.807, 2.05) is 18.5 Å². The second kappa shape index (κ2) is 8.54. The van der Waals surface area contributed by atoms with Crippen molar-refractivity contribution in [3.8, 4) is 5.88 Å². The average Bonchev–Trinajstić information content (AvgIpc) is 3.20. The third-order valence-corrected chi connectivity index (χ3v) is 5.30. The lowest BCUT2D eigenvalue weighted by Crippen LogP contribution is -2.35. The molecule has 3 heterocycles. The van der Waals surface area contributed by atoms with Crippen molar-refractivity contribution in [3.05, 3.63) is 77.5 Å². The van der Waals surface area contributed by atoms with Crippen LogP contribution >= 0.6 is 0 Å². The summed E-state index contributed by atoms with van der Waals surface area (Å²) in [6.45, 7) is 4.08. The largest absolute Gasteiger partial charge is 0.481 e. The Morgan fingerprint density at radius 1 is 1.07 bits per heavy atom. The van der Waals surface area contributed by atoms with Crippen molar-refractivity contribution in [1.29, 1.82) is 0 Å². The predicted octanol–water partition coefficient (Wildman–Crippen LogP) is 3.08. The van der Waals surface area contributed by atoms with Crippen LogP contribution in [0, 0.1) is 0 Å². The summed E-state index contributed by atoms with van der Waals surface area (Å²) in [5, 5.41) is 0. The first-order valence-corrected chi connectivity index (χ1v) is 9.58. The van der Waals surface area contributed by atoms with Crippen molar-refractivity contribution in [1.82, 2.24) is 19.4 Å². The molecule has 1 aliphatic rings. The second-order valence-electron chi connectivity index (χ2n) is 7.06. The molecule has 3 aromatic rings. The summed E-state index contributed by atoms with van der Waals surface area (Å²) in [7, 11) is 3.41. The summed E-state index contributed by atoms with van der Waals surface area (Å²) in [5.74, 6) is 2.01. The van der Waals surface area contributed by atoms with E-state index < -0.39 is 0 Å². The van der Waals surface area contributed by atoms with E-state index in [-0.39, 0.29) is 5.92 Å². The molecule has 4 rings (SSSR count). The Balaban J connectivity index is 1.64. The Hall–Kier alpha value is -2.70. The summed E-state index contributed by atoms with van der Waals surface area (Å²) in [6.07, 6.45) is 5.69. The number of rotatable bonds is 7. The summed E-state index contributed by atoms with van der Waals surface area (Å²) < 4.78 is 12.9. The van der Waals surface area contributed by atoms with Crippen LogP contribution in [0.1, 0.15) is 28.4 Å². The van der Waals surface area contributed by atoms with Crippen molar-refractivity contribution >= 4 is 0 Å². The molecular weight excluding hydrogens is 352 g/mol. The topological polar surface area (TPSA) is 52.4 Å². The Kier molecular flexibility index (Phi) is 5.69. The van der Waals surface area contributed by atoms with E-state index in [9.17, 15) is 0 Å². The second-order valence-corrected chi connectivity index (χ2v) is 7.06. The van der Waals surface area contributed by atoms with Crippen LogP contribution in [0.25, 0.3) is 0 Å². The highest BCUT2D eigenvalue weighted by molar-refractivity contribution is 5.37. The predicted molar refractivity (Wildman–Crippen MR) is 107 cm³/mol. The first kappa shape index (κ1) is 18.7. The minimum Gasteiger partial charge on any atom is -0.481 e. The molecule has 1 unspecified atom stereocenters. The molecule has 6 heteroatoms. The Morgan fingerprint density at radius 2 is 1.96 bits per heavy atom. The van der Waals surface area contributed by atoms with Gasteiger partial charge in [0.25, 0.3) is 0 Å². The summed E-state index contributed by atoms with van der Waals surface area (Å²) in [4.78, 5) is 11.5. The Bertz CT molecular complexity index is 924. The van der Waals surface area contributed by atoms with Gasteiger partial charge >= 0.3 is 0 Å². The van der Waals surface area contributed by atoms with Crippen LogP contribution in [0.5, 0.6) is 5.88 Å². The molecule has 0 bridgehead atoms. The first-order valence-electron chi connectivity index (χ1n) is 9.58. The third kappa shape index (κ3) is 3.79. The highest BCUT2D eigenvalue weighted by Crippen LogP contribution is 2.34. The number of fused-ring (bicyclic) bond motifs is 1. The lowest BCUT2D eigenvalue weighted by molar-refractivity contribution is 0.184. The minimum absolute atomic E-state index is 0.222. The standard InChI is InChI=1S/C22H26N4O2/c1-27-13-12-26-11-10-23-21(26)20-16-25(14-17-6-3-4-8-19(17)20)15-18-7-5-9-24-22(18)28-2/h3-11,20H,12-16H2,1-2H3. The molecule has 0 N–H and O–H groups in total. The van der Waals surface area contributed by atoms with E-state index in [1.165, 1.54) is 11.1 Å². The molecule has 6 nitrogen and oxygen atoms in total. The van der Waals surface area contributed by atoms with Gasteiger partial charge in [-0.2, -0.15) is 0 Å². The summed E-state index contributed by atoms with van der Waals surface area (Å²) in [6, 6.07) is 12.7. The van der Waals surface area contributed by atoms with Gasteiger partial charge in [-0.05, 0) is 17.2 Å². The fraction of sp³-hybridized carbons (Fsp3) is 0.364. The van der Waals surface area contributed by atoms with Crippen LogP contribution < -0.4 is 4.74 Å². The van der Waals surface area contributed by atoms with Gasteiger partial charge in [0.1, 0.15) is 5.82 Å². The van der Waals surface area contributed by atoms with E-state index in [2.05, 4.69) is 44.8 Å². The van der Waals surface area contributed by atoms with Crippen LogP contribution in [0.4, 0.5) is 0 Å². The molecule has 0 saturated heterocycles. The van der Waals surface area contributed by atoms with Crippen LogP contribution in [0.15, 0.2) is 55.0 Å². The fourth-order valence-corrected chi connectivity index (χ4v) is 4.00. The van der Waals surface area contributed by atoms with Crippen molar-refractivity contribution in [2.45, 2.75) is 25.6 Å². The van der Waals surface area contributed by atoms with Crippen LogP contribution in [0.3, 0.4) is 0 Å². The number of hydrogen-bond donors (Lipinski definition) is 0. The maximum absolute atomic E-state index is 5.45. The van der Waals surface area contributed by atoms with Crippen molar-refractivity contribution in [2.24, 2.45) is 0 Å². The van der Waals surface area contributed by atoms with E-state index in [0.29, 0.717) is 12.5 Å². The van der Waals surface area contributed by atoms with Gasteiger partial charge in [0.2, 0.25) is 5.88 Å². The fourth-order valence-electron chi connectivity index (χ4n) is 4.00. The van der Waals surface area contributed by atoms with E-state index in [1.54, 1.807) is 20.4 Å². The molecule has 1 aromatic carbocycles. The molecule has 146 valence electrons. The zero-order valence-electron chi connectivity index (χ0n) is 16.4. The molecule has 1 atom stereocenters. The Morgan fingerprint density at radius 3 is 2.82 bits per heavy atom. The van der Waals surface area contributed by atoms with Crippen LogP contribution in [-0.4, -0.2) is 46.8 Å². The van der Waals surface area contributed by atoms with Gasteiger partial charge in [-0.15, -0.1) is 0 Å².